The van der Waals surface area contributed by atoms with Crippen LogP contribution in [0.15, 0.2) is 35.8 Å². The van der Waals surface area contributed by atoms with E-state index in [-0.39, 0.29) is 0 Å². The average molecular weight is 245 g/mol. The van der Waals surface area contributed by atoms with Crippen LogP contribution in [-0.2, 0) is 6.54 Å². The summed E-state index contributed by atoms with van der Waals surface area (Å²) in [5.41, 5.74) is 2.78. The van der Waals surface area contributed by atoms with E-state index in [4.69, 9.17) is 0 Å². The van der Waals surface area contributed by atoms with E-state index in [2.05, 4.69) is 39.9 Å². The van der Waals surface area contributed by atoms with Crippen molar-refractivity contribution in [1.82, 2.24) is 10.3 Å². The summed E-state index contributed by atoms with van der Waals surface area (Å²) < 4.78 is 0. The molecule has 17 heavy (non-hydrogen) atoms. The number of nitrogens with one attached hydrogen (secondary N) is 2. The highest BCUT2D eigenvalue weighted by atomic mass is 32.1. The molecule has 2 aromatic rings. The summed E-state index contributed by atoms with van der Waals surface area (Å²) in [4.78, 5) is 4.30. The Bertz CT molecular complexity index is 481. The van der Waals surface area contributed by atoms with E-state index in [0.29, 0.717) is 6.04 Å². The minimum Gasteiger partial charge on any atom is -0.355 e. The molecule has 2 N–H and O–H groups in total. The van der Waals surface area contributed by atoms with E-state index >= 15 is 0 Å². The normalized spacial score (nSPS) is 19.4. The highest BCUT2D eigenvalue weighted by Crippen LogP contribution is 2.27. The molecule has 1 aromatic heterocycles. The smallest absolute Gasteiger partial charge is 0.183 e. The molecule has 1 unspecified atom stereocenters. The van der Waals surface area contributed by atoms with E-state index in [1.54, 1.807) is 11.3 Å². The van der Waals surface area contributed by atoms with E-state index in [9.17, 15) is 0 Å². The summed E-state index contributed by atoms with van der Waals surface area (Å²) in [6.07, 6.45) is 2.93. The fourth-order valence-corrected chi connectivity index (χ4v) is 2.84. The molecule has 0 aliphatic carbocycles. The van der Waals surface area contributed by atoms with Gasteiger partial charge in [0.15, 0.2) is 5.13 Å². The van der Waals surface area contributed by atoms with Crippen molar-refractivity contribution in [3.8, 4) is 0 Å². The van der Waals surface area contributed by atoms with Gasteiger partial charge in [0.05, 0.1) is 6.04 Å². The van der Waals surface area contributed by atoms with E-state index < -0.39 is 0 Å². The van der Waals surface area contributed by atoms with Gasteiger partial charge in [0.1, 0.15) is 0 Å². The largest absolute Gasteiger partial charge is 0.355 e. The molecule has 0 fully saturated rings. The Balaban J connectivity index is 1.89. The molecule has 0 spiro atoms. The van der Waals surface area contributed by atoms with Gasteiger partial charge in [-0.25, -0.2) is 4.98 Å². The lowest BCUT2D eigenvalue weighted by Crippen LogP contribution is -2.15. The third kappa shape index (κ3) is 2.33. The third-order valence-electron chi connectivity index (χ3n) is 3.09. The second-order valence-electron chi connectivity index (χ2n) is 4.20. The number of aromatic nitrogens is 1. The van der Waals surface area contributed by atoms with Crippen molar-refractivity contribution in [1.29, 1.82) is 0 Å². The van der Waals surface area contributed by atoms with Gasteiger partial charge in [0.2, 0.25) is 0 Å². The lowest BCUT2D eigenvalue weighted by atomic mass is 10.00. The molecule has 0 radical (unpaired) electrons. The third-order valence-corrected chi connectivity index (χ3v) is 3.79. The topological polar surface area (TPSA) is 37.0 Å². The number of rotatable bonds is 2. The van der Waals surface area contributed by atoms with E-state index in [1.165, 1.54) is 11.1 Å². The molecule has 0 bridgehead atoms. The van der Waals surface area contributed by atoms with Crippen LogP contribution in [-0.4, -0.2) is 11.5 Å². The molecule has 2 heterocycles. The van der Waals surface area contributed by atoms with E-state index in [1.807, 2.05) is 11.6 Å². The van der Waals surface area contributed by atoms with Gasteiger partial charge < -0.3 is 10.6 Å². The maximum absolute atomic E-state index is 4.30. The Hall–Kier alpha value is -1.39. The van der Waals surface area contributed by atoms with E-state index in [0.717, 1.165) is 24.6 Å². The fraction of sp³-hybridized carbons (Fsp3) is 0.308. The van der Waals surface area contributed by atoms with Crippen LogP contribution in [0.1, 0.15) is 23.6 Å². The van der Waals surface area contributed by atoms with Crippen molar-refractivity contribution in [2.45, 2.75) is 19.0 Å². The molecule has 4 heteroatoms. The summed E-state index contributed by atoms with van der Waals surface area (Å²) in [5.74, 6) is 0. The lowest BCUT2D eigenvalue weighted by Gasteiger charge is -2.18. The Morgan fingerprint density at radius 1 is 1.35 bits per heavy atom. The van der Waals surface area contributed by atoms with Crippen molar-refractivity contribution >= 4 is 16.5 Å². The molecule has 0 saturated heterocycles. The summed E-state index contributed by atoms with van der Waals surface area (Å²) in [7, 11) is 0. The number of nitrogens with zero attached hydrogens (tertiary/aromatic N) is 1. The van der Waals surface area contributed by atoms with Crippen LogP contribution in [0.2, 0.25) is 0 Å². The predicted molar refractivity (Wildman–Crippen MR) is 71.2 cm³/mol. The Morgan fingerprint density at radius 3 is 3.18 bits per heavy atom. The fourth-order valence-electron chi connectivity index (χ4n) is 2.25. The summed E-state index contributed by atoms with van der Waals surface area (Å²) in [6.45, 7) is 2.00. The van der Waals surface area contributed by atoms with Crippen molar-refractivity contribution in [2.24, 2.45) is 0 Å². The molecule has 1 aliphatic rings. The average Bonchev–Trinajstić information content (AvgIpc) is 2.78. The van der Waals surface area contributed by atoms with Crippen LogP contribution in [0.25, 0.3) is 0 Å². The number of hydrogen-bond acceptors (Lipinski definition) is 4. The summed E-state index contributed by atoms with van der Waals surface area (Å²) >= 11 is 1.66. The monoisotopic (exact) mass is 245 g/mol. The lowest BCUT2D eigenvalue weighted by molar-refractivity contribution is 0.637. The van der Waals surface area contributed by atoms with Crippen molar-refractivity contribution < 1.29 is 0 Å². The van der Waals surface area contributed by atoms with Crippen LogP contribution < -0.4 is 10.6 Å². The zero-order chi connectivity index (χ0) is 11.5. The second kappa shape index (κ2) is 4.85. The van der Waals surface area contributed by atoms with Gasteiger partial charge in [-0.05, 0) is 24.1 Å². The number of benzene rings is 1. The van der Waals surface area contributed by atoms with Crippen molar-refractivity contribution in [2.75, 3.05) is 11.9 Å². The quantitative estimate of drug-likeness (QED) is 0.854. The first-order valence-electron chi connectivity index (χ1n) is 5.88. The van der Waals surface area contributed by atoms with Gasteiger partial charge in [-0.2, -0.15) is 0 Å². The molecule has 3 nitrogen and oxygen atoms in total. The zero-order valence-electron chi connectivity index (χ0n) is 9.52. The molecular formula is C13H15N3S. The summed E-state index contributed by atoms with van der Waals surface area (Å²) in [5, 5.41) is 9.99. The second-order valence-corrected chi connectivity index (χ2v) is 5.09. The first kappa shape index (κ1) is 10.7. The minimum absolute atomic E-state index is 0.368. The Morgan fingerprint density at radius 2 is 2.29 bits per heavy atom. The highest BCUT2D eigenvalue weighted by molar-refractivity contribution is 7.13. The number of hydrogen-bond donors (Lipinski definition) is 2. The number of fused-ring (bicyclic) bond motifs is 1. The van der Waals surface area contributed by atoms with Gasteiger partial charge in [-0.15, -0.1) is 11.3 Å². The Labute approximate surface area is 105 Å². The molecular weight excluding hydrogens is 230 g/mol. The molecule has 1 aliphatic heterocycles. The van der Waals surface area contributed by atoms with Crippen molar-refractivity contribution in [3.05, 3.63) is 47.0 Å². The molecule has 88 valence electrons. The first-order valence-corrected chi connectivity index (χ1v) is 6.76. The maximum atomic E-state index is 4.30. The highest BCUT2D eigenvalue weighted by Gasteiger charge is 2.18. The van der Waals surface area contributed by atoms with Gasteiger partial charge >= 0.3 is 0 Å². The first-order chi connectivity index (χ1) is 8.43. The summed E-state index contributed by atoms with van der Waals surface area (Å²) in [6, 6.07) is 9.00. The van der Waals surface area contributed by atoms with Gasteiger partial charge in [0.25, 0.3) is 0 Å². The van der Waals surface area contributed by atoms with Crippen LogP contribution in [0.5, 0.6) is 0 Å². The molecule has 0 amide bonds. The number of thiazole rings is 1. The van der Waals surface area contributed by atoms with Crippen LogP contribution in [0.3, 0.4) is 0 Å². The molecule has 0 saturated carbocycles. The van der Waals surface area contributed by atoms with Crippen LogP contribution >= 0.6 is 11.3 Å². The van der Waals surface area contributed by atoms with Crippen LogP contribution in [0, 0.1) is 0 Å². The Kier molecular flexibility index (Phi) is 3.07. The maximum Gasteiger partial charge on any atom is 0.183 e. The molecule has 1 aromatic carbocycles. The van der Waals surface area contributed by atoms with Crippen molar-refractivity contribution in [3.63, 3.8) is 0 Å². The van der Waals surface area contributed by atoms with Crippen LogP contribution in [0.4, 0.5) is 5.13 Å². The zero-order valence-corrected chi connectivity index (χ0v) is 10.3. The molecule has 1 atom stereocenters. The standard InChI is InChI=1S/C13H15N3S/c1-2-4-11-10(3-1)9-14-6-5-12(11)16-13-15-7-8-17-13/h1-4,7-8,12,14H,5-6,9H2,(H,15,16). The number of anilines is 1. The molecule has 3 rings (SSSR count). The minimum atomic E-state index is 0.368. The van der Waals surface area contributed by atoms with Gasteiger partial charge in [-0.3, -0.25) is 0 Å². The predicted octanol–water partition coefficient (Wildman–Crippen LogP) is 2.79. The van der Waals surface area contributed by atoms with Gasteiger partial charge in [-0.1, -0.05) is 24.3 Å². The SMILES string of the molecule is c1ccc2c(c1)CNCCC2Nc1nccs1. The van der Waals surface area contributed by atoms with Gasteiger partial charge in [0, 0.05) is 18.1 Å².